The largest absolute Gasteiger partial charge is 0.327 e. The lowest BCUT2D eigenvalue weighted by Gasteiger charge is -2.59. The molecule has 2 atom stereocenters. The first kappa shape index (κ1) is 12.3. The van der Waals surface area contributed by atoms with E-state index in [1.54, 1.807) is 12.1 Å². The molecule has 4 aliphatic rings. The summed E-state index contributed by atoms with van der Waals surface area (Å²) in [6.07, 6.45) is 5.90. The zero-order chi connectivity index (χ0) is 13.2. The summed E-state index contributed by atoms with van der Waals surface area (Å²) in [5.41, 5.74) is 7.38. The van der Waals surface area contributed by atoms with Crippen LogP contribution in [0.3, 0.4) is 0 Å². The Kier molecular flexibility index (Phi) is 2.63. The number of rotatable bonds is 1. The normalized spacial score (nSPS) is 43.7. The Labute approximate surface area is 121 Å². The van der Waals surface area contributed by atoms with Crippen molar-refractivity contribution >= 4 is 15.9 Å². The zero-order valence-electron chi connectivity index (χ0n) is 10.9. The van der Waals surface area contributed by atoms with Gasteiger partial charge in [-0.05, 0) is 79.0 Å². The van der Waals surface area contributed by atoms with Crippen LogP contribution < -0.4 is 5.73 Å². The summed E-state index contributed by atoms with van der Waals surface area (Å²) in [4.78, 5) is 0. The quantitative estimate of drug-likeness (QED) is 0.830. The van der Waals surface area contributed by atoms with Crippen LogP contribution in [0.2, 0.25) is 0 Å². The molecule has 1 aromatic carbocycles. The Hall–Kier alpha value is -0.410. The van der Waals surface area contributed by atoms with Gasteiger partial charge in [-0.2, -0.15) is 0 Å². The summed E-state index contributed by atoms with van der Waals surface area (Å²) in [5.74, 6) is 1.98. The molecule has 3 heteroatoms. The van der Waals surface area contributed by atoms with Gasteiger partial charge < -0.3 is 5.73 Å². The van der Waals surface area contributed by atoms with Crippen LogP contribution in [0.15, 0.2) is 22.7 Å². The molecule has 19 heavy (non-hydrogen) atoms. The maximum atomic E-state index is 14.3. The van der Waals surface area contributed by atoms with Gasteiger partial charge in [-0.25, -0.2) is 4.39 Å². The van der Waals surface area contributed by atoms with Crippen LogP contribution in [0.1, 0.15) is 37.7 Å². The minimum absolute atomic E-state index is 0.0290. The van der Waals surface area contributed by atoms with Crippen molar-refractivity contribution in [3.8, 4) is 0 Å². The fraction of sp³-hybridized carbons (Fsp3) is 0.625. The van der Waals surface area contributed by atoms with Gasteiger partial charge in [0.2, 0.25) is 0 Å². The Morgan fingerprint density at radius 1 is 1.16 bits per heavy atom. The van der Waals surface area contributed by atoms with Crippen molar-refractivity contribution in [1.29, 1.82) is 0 Å². The van der Waals surface area contributed by atoms with E-state index in [0.29, 0.717) is 17.9 Å². The molecular formula is C16H19BrFN. The summed E-state index contributed by atoms with van der Waals surface area (Å²) >= 11 is 3.50. The third-order valence-corrected chi connectivity index (χ3v) is 6.34. The van der Waals surface area contributed by atoms with Gasteiger partial charge in [0.05, 0.1) is 0 Å². The van der Waals surface area contributed by atoms with Gasteiger partial charge in [0.1, 0.15) is 5.82 Å². The first-order valence-electron chi connectivity index (χ1n) is 7.28. The number of hydrogen-bond acceptors (Lipinski definition) is 1. The highest BCUT2D eigenvalue weighted by Gasteiger charge is 2.55. The number of nitrogens with two attached hydrogens (primary N) is 1. The van der Waals surface area contributed by atoms with Gasteiger partial charge >= 0.3 is 0 Å². The van der Waals surface area contributed by atoms with E-state index in [2.05, 4.69) is 15.9 Å². The second kappa shape index (κ2) is 4.05. The van der Waals surface area contributed by atoms with Crippen molar-refractivity contribution in [3.05, 3.63) is 34.1 Å². The SMILES string of the molecule is NC1C2CC3CC1CC(c1cc(Br)ccc1F)(C3)C2. The molecule has 0 aromatic heterocycles. The Balaban J connectivity index is 1.80. The third-order valence-electron chi connectivity index (χ3n) is 5.85. The third kappa shape index (κ3) is 1.74. The topological polar surface area (TPSA) is 26.0 Å². The van der Waals surface area contributed by atoms with Gasteiger partial charge in [0.25, 0.3) is 0 Å². The van der Waals surface area contributed by atoms with Crippen molar-refractivity contribution in [2.24, 2.45) is 23.5 Å². The van der Waals surface area contributed by atoms with Gasteiger partial charge in [-0.1, -0.05) is 15.9 Å². The highest BCUT2D eigenvalue weighted by Crippen LogP contribution is 2.60. The van der Waals surface area contributed by atoms with Crippen LogP contribution in [0.5, 0.6) is 0 Å². The van der Waals surface area contributed by atoms with Gasteiger partial charge in [-0.15, -0.1) is 0 Å². The molecule has 4 fully saturated rings. The van der Waals surface area contributed by atoms with Crippen LogP contribution in [0.4, 0.5) is 4.39 Å². The smallest absolute Gasteiger partial charge is 0.127 e. The van der Waals surface area contributed by atoms with Crippen molar-refractivity contribution in [2.75, 3.05) is 0 Å². The Morgan fingerprint density at radius 3 is 2.53 bits per heavy atom. The van der Waals surface area contributed by atoms with Crippen molar-refractivity contribution in [3.63, 3.8) is 0 Å². The van der Waals surface area contributed by atoms with E-state index in [1.165, 1.54) is 19.3 Å². The van der Waals surface area contributed by atoms with E-state index in [1.807, 2.05) is 6.07 Å². The van der Waals surface area contributed by atoms with Crippen LogP contribution >= 0.6 is 15.9 Å². The van der Waals surface area contributed by atoms with Crippen LogP contribution in [0, 0.1) is 23.6 Å². The fourth-order valence-electron chi connectivity index (χ4n) is 5.30. The first-order chi connectivity index (χ1) is 9.07. The average Bonchev–Trinajstić information content (AvgIpc) is 2.37. The summed E-state index contributed by atoms with van der Waals surface area (Å²) in [6, 6.07) is 5.77. The molecule has 0 saturated heterocycles. The predicted octanol–water partition coefficient (Wildman–Crippen LogP) is 3.99. The fourth-order valence-corrected chi connectivity index (χ4v) is 5.66. The lowest BCUT2D eigenvalue weighted by molar-refractivity contribution is -0.0240. The number of halogens is 2. The molecule has 2 unspecified atom stereocenters. The minimum atomic E-state index is -0.0290. The van der Waals surface area contributed by atoms with E-state index < -0.39 is 0 Å². The molecule has 0 spiro atoms. The summed E-state index contributed by atoms with van der Waals surface area (Å²) < 4.78 is 15.3. The molecule has 5 rings (SSSR count). The highest BCUT2D eigenvalue weighted by molar-refractivity contribution is 9.10. The number of hydrogen-bond donors (Lipinski definition) is 1. The van der Waals surface area contributed by atoms with Crippen LogP contribution in [-0.2, 0) is 5.41 Å². The van der Waals surface area contributed by atoms with Crippen molar-refractivity contribution in [2.45, 2.75) is 43.6 Å². The lowest BCUT2D eigenvalue weighted by Crippen LogP contribution is -2.58. The maximum Gasteiger partial charge on any atom is 0.127 e. The summed E-state index contributed by atoms with van der Waals surface area (Å²) in [6.45, 7) is 0. The van der Waals surface area contributed by atoms with Gasteiger partial charge in [0.15, 0.2) is 0 Å². The molecule has 0 aliphatic heterocycles. The van der Waals surface area contributed by atoms with Gasteiger partial charge in [0, 0.05) is 10.5 Å². The van der Waals surface area contributed by atoms with Gasteiger partial charge in [-0.3, -0.25) is 0 Å². The molecule has 4 saturated carbocycles. The molecular weight excluding hydrogens is 305 g/mol. The van der Waals surface area contributed by atoms with E-state index >= 15 is 0 Å². The number of benzene rings is 1. The van der Waals surface area contributed by atoms with E-state index in [0.717, 1.165) is 28.8 Å². The standard InChI is InChI=1S/C16H19BrFN/c17-12-1-2-14(18)13(5-12)16-6-9-3-10(7-16)15(19)11(4-9)8-16/h1-2,5,9-11,15H,3-4,6-8,19H2. The first-order valence-corrected chi connectivity index (χ1v) is 8.08. The lowest BCUT2D eigenvalue weighted by atomic mass is 9.46. The molecule has 0 amide bonds. The molecule has 1 aromatic rings. The second-order valence-corrected chi connectivity index (χ2v) is 7.87. The summed E-state index contributed by atoms with van der Waals surface area (Å²) in [5, 5.41) is 0. The van der Waals surface area contributed by atoms with Crippen molar-refractivity contribution in [1.82, 2.24) is 0 Å². The molecule has 0 radical (unpaired) electrons. The molecule has 2 N–H and O–H groups in total. The predicted molar refractivity (Wildman–Crippen MR) is 77.3 cm³/mol. The van der Waals surface area contributed by atoms with Crippen LogP contribution in [0.25, 0.3) is 0 Å². The zero-order valence-corrected chi connectivity index (χ0v) is 12.5. The van der Waals surface area contributed by atoms with E-state index in [9.17, 15) is 4.39 Å². The second-order valence-electron chi connectivity index (χ2n) is 6.95. The van der Waals surface area contributed by atoms with E-state index in [-0.39, 0.29) is 11.2 Å². The monoisotopic (exact) mass is 323 g/mol. The maximum absolute atomic E-state index is 14.3. The molecule has 0 heterocycles. The highest BCUT2D eigenvalue weighted by atomic mass is 79.9. The molecule has 4 aliphatic carbocycles. The average molecular weight is 324 g/mol. The van der Waals surface area contributed by atoms with Crippen LogP contribution in [-0.4, -0.2) is 6.04 Å². The Bertz CT molecular complexity index is 513. The van der Waals surface area contributed by atoms with E-state index in [4.69, 9.17) is 5.73 Å². The summed E-state index contributed by atoms with van der Waals surface area (Å²) in [7, 11) is 0. The minimum Gasteiger partial charge on any atom is -0.327 e. The molecule has 102 valence electrons. The molecule has 1 nitrogen and oxygen atoms in total. The Morgan fingerprint density at radius 2 is 1.84 bits per heavy atom. The van der Waals surface area contributed by atoms with Crippen molar-refractivity contribution < 1.29 is 4.39 Å². The molecule has 4 bridgehead atoms.